The standard InChI is InChI=1S/C12H23NO/c1-13(10-6-5-7-10)11-8-3-2-4-9-12(11)14/h10-12,14H,2-9H2,1H3. The Hall–Kier alpha value is -0.0800. The lowest BCUT2D eigenvalue weighted by Gasteiger charge is -2.41. The van der Waals surface area contributed by atoms with Crippen LogP contribution in [0.5, 0.6) is 0 Å². The fraction of sp³-hybridized carbons (Fsp3) is 1.00. The van der Waals surface area contributed by atoms with Gasteiger partial charge in [-0.2, -0.15) is 0 Å². The molecular formula is C12H23NO. The predicted molar refractivity (Wildman–Crippen MR) is 58.3 cm³/mol. The monoisotopic (exact) mass is 197 g/mol. The van der Waals surface area contributed by atoms with Gasteiger partial charge in [-0.05, 0) is 32.7 Å². The van der Waals surface area contributed by atoms with Crippen LogP contribution in [-0.4, -0.2) is 35.2 Å². The molecule has 82 valence electrons. The molecule has 0 bridgehead atoms. The van der Waals surface area contributed by atoms with Crippen LogP contribution in [0, 0.1) is 0 Å². The number of nitrogens with zero attached hydrogens (tertiary/aromatic N) is 1. The van der Waals surface area contributed by atoms with E-state index in [0.717, 1.165) is 12.5 Å². The van der Waals surface area contributed by atoms with Gasteiger partial charge in [-0.3, -0.25) is 4.90 Å². The molecule has 2 heteroatoms. The van der Waals surface area contributed by atoms with Crippen molar-refractivity contribution in [1.82, 2.24) is 4.90 Å². The van der Waals surface area contributed by atoms with Crippen LogP contribution < -0.4 is 0 Å². The van der Waals surface area contributed by atoms with E-state index in [4.69, 9.17) is 0 Å². The smallest absolute Gasteiger partial charge is 0.0695 e. The molecule has 1 N–H and O–H groups in total. The van der Waals surface area contributed by atoms with Crippen molar-refractivity contribution in [3.8, 4) is 0 Å². The first-order chi connectivity index (χ1) is 6.79. The normalized spacial score (nSPS) is 35.4. The van der Waals surface area contributed by atoms with Gasteiger partial charge in [0.15, 0.2) is 0 Å². The Labute approximate surface area is 87.3 Å². The summed E-state index contributed by atoms with van der Waals surface area (Å²) in [5.74, 6) is 0. The van der Waals surface area contributed by atoms with E-state index in [1.54, 1.807) is 0 Å². The summed E-state index contributed by atoms with van der Waals surface area (Å²) < 4.78 is 0. The van der Waals surface area contributed by atoms with Gasteiger partial charge in [0.05, 0.1) is 6.10 Å². The summed E-state index contributed by atoms with van der Waals surface area (Å²) in [6.45, 7) is 0. The molecule has 0 aromatic heterocycles. The summed E-state index contributed by atoms with van der Waals surface area (Å²) in [6.07, 6.45) is 10.1. The third kappa shape index (κ3) is 2.12. The number of aliphatic hydroxyl groups excluding tert-OH is 1. The Kier molecular flexibility index (Phi) is 3.45. The van der Waals surface area contributed by atoms with Crippen LogP contribution in [0.15, 0.2) is 0 Å². The zero-order valence-corrected chi connectivity index (χ0v) is 9.28. The van der Waals surface area contributed by atoms with Gasteiger partial charge in [-0.1, -0.05) is 25.7 Å². The summed E-state index contributed by atoms with van der Waals surface area (Å²) >= 11 is 0. The SMILES string of the molecule is CN(C1CCC1)C1CCCCCC1O. The molecule has 0 aromatic carbocycles. The number of likely N-dealkylation sites (N-methyl/N-ethyl adjacent to an activating group) is 1. The van der Waals surface area contributed by atoms with Gasteiger partial charge in [0, 0.05) is 12.1 Å². The van der Waals surface area contributed by atoms with Crippen molar-refractivity contribution < 1.29 is 5.11 Å². The van der Waals surface area contributed by atoms with E-state index in [1.165, 1.54) is 44.9 Å². The number of hydrogen-bond acceptors (Lipinski definition) is 2. The maximum atomic E-state index is 10.0. The number of aliphatic hydroxyl groups is 1. The second kappa shape index (κ2) is 4.63. The molecular weight excluding hydrogens is 174 g/mol. The van der Waals surface area contributed by atoms with Crippen molar-refractivity contribution in [3.63, 3.8) is 0 Å². The van der Waals surface area contributed by atoms with E-state index in [-0.39, 0.29) is 6.10 Å². The topological polar surface area (TPSA) is 23.5 Å². The minimum absolute atomic E-state index is 0.0666. The molecule has 2 aliphatic carbocycles. The second-order valence-electron chi connectivity index (χ2n) is 5.02. The van der Waals surface area contributed by atoms with Gasteiger partial charge in [0.1, 0.15) is 0 Å². The molecule has 0 aromatic rings. The highest BCUT2D eigenvalue weighted by Gasteiger charge is 2.31. The summed E-state index contributed by atoms with van der Waals surface area (Å²) in [7, 11) is 2.21. The van der Waals surface area contributed by atoms with E-state index >= 15 is 0 Å². The Morgan fingerprint density at radius 1 is 0.929 bits per heavy atom. The molecule has 2 aliphatic rings. The Morgan fingerprint density at radius 3 is 2.29 bits per heavy atom. The van der Waals surface area contributed by atoms with Crippen LogP contribution in [0.1, 0.15) is 51.4 Å². The molecule has 2 atom stereocenters. The van der Waals surface area contributed by atoms with Crippen molar-refractivity contribution in [1.29, 1.82) is 0 Å². The minimum atomic E-state index is -0.0666. The lowest BCUT2D eigenvalue weighted by atomic mass is 9.89. The van der Waals surface area contributed by atoms with Gasteiger partial charge in [-0.25, -0.2) is 0 Å². The molecule has 0 aliphatic heterocycles. The van der Waals surface area contributed by atoms with Crippen molar-refractivity contribution in [2.24, 2.45) is 0 Å². The van der Waals surface area contributed by atoms with Crippen LogP contribution in [0.3, 0.4) is 0 Å². The predicted octanol–water partition coefficient (Wildman–Crippen LogP) is 2.16. The molecule has 0 heterocycles. The average Bonchev–Trinajstić information content (AvgIpc) is 2.26. The highest BCUT2D eigenvalue weighted by Crippen LogP contribution is 2.30. The van der Waals surface area contributed by atoms with Crippen molar-refractivity contribution in [3.05, 3.63) is 0 Å². The van der Waals surface area contributed by atoms with Crippen LogP contribution in [0.2, 0.25) is 0 Å². The van der Waals surface area contributed by atoms with Gasteiger partial charge >= 0.3 is 0 Å². The fourth-order valence-corrected chi connectivity index (χ4v) is 2.81. The summed E-state index contributed by atoms with van der Waals surface area (Å²) in [5.41, 5.74) is 0. The van der Waals surface area contributed by atoms with Crippen LogP contribution in [0.25, 0.3) is 0 Å². The molecule has 2 fully saturated rings. The highest BCUT2D eigenvalue weighted by atomic mass is 16.3. The third-order valence-corrected chi connectivity index (χ3v) is 4.12. The van der Waals surface area contributed by atoms with Crippen molar-refractivity contribution in [2.45, 2.75) is 69.6 Å². The third-order valence-electron chi connectivity index (χ3n) is 4.12. The maximum Gasteiger partial charge on any atom is 0.0695 e. The van der Waals surface area contributed by atoms with E-state index in [0.29, 0.717) is 6.04 Å². The first kappa shape index (κ1) is 10.4. The van der Waals surface area contributed by atoms with E-state index in [9.17, 15) is 5.11 Å². The van der Waals surface area contributed by atoms with Gasteiger partial charge in [0.25, 0.3) is 0 Å². The average molecular weight is 197 g/mol. The Balaban J connectivity index is 1.91. The van der Waals surface area contributed by atoms with Gasteiger partial charge in [0.2, 0.25) is 0 Å². The van der Waals surface area contributed by atoms with E-state index in [1.807, 2.05) is 0 Å². The molecule has 0 amide bonds. The fourth-order valence-electron chi connectivity index (χ4n) is 2.81. The molecule has 0 spiro atoms. The van der Waals surface area contributed by atoms with E-state index in [2.05, 4.69) is 11.9 Å². The Morgan fingerprint density at radius 2 is 1.64 bits per heavy atom. The first-order valence-corrected chi connectivity index (χ1v) is 6.19. The molecule has 0 saturated heterocycles. The van der Waals surface area contributed by atoms with Gasteiger partial charge in [-0.15, -0.1) is 0 Å². The number of hydrogen-bond donors (Lipinski definition) is 1. The minimum Gasteiger partial charge on any atom is -0.391 e. The highest BCUT2D eigenvalue weighted by molar-refractivity contribution is 4.87. The summed E-state index contributed by atoms with van der Waals surface area (Å²) in [4.78, 5) is 2.46. The van der Waals surface area contributed by atoms with Crippen molar-refractivity contribution in [2.75, 3.05) is 7.05 Å². The molecule has 2 rings (SSSR count). The first-order valence-electron chi connectivity index (χ1n) is 6.19. The van der Waals surface area contributed by atoms with Crippen molar-refractivity contribution >= 4 is 0 Å². The molecule has 0 radical (unpaired) electrons. The van der Waals surface area contributed by atoms with Crippen LogP contribution in [-0.2, 0) is 0 Å². The quantitative estimate of drug-likeness (QED) is 0.686. The van der Waals surface area contributed by atoms with Gasteiger partial charge < -0.3 is 5.11 Å². The summed E-state index contributed by atoms with van der Waals surface area (Å²) in [6, 6.07) is 1.22. The Bertz CT molecular complexity index is 179. The molecule has 2 saturated carbocycles. The molecule has 2 nitrogen and oxygen atoms in total. The molecule has 2 unspecified atom stereocenters. The lowest BCUT2D eigenvalue weighted by molar-refractivity contribution is 0.0153. The lowest BCUT2D eigenvalue weighted by Crippen LogP contribution is -2.48. The summed E-state index contributed by atoms with van der Waals surface area (Å²) in [5, 5.41) is 10.0. The zero-order valence-electron chi connectivity index (χ0n) is 9.28. The number of rotatable bonds is 2. The van der Waals surface area contributed by atoms with Crippen LogP contribution in [0.4, 0.5) is 0 Å². The maximum absolute atomic E-state index is 10.0. The van der Waals surface area contributed by atoms with E-state index < -0.39 is 0 Å². The molecule has 14 heavy (non-hydrogen) atoms. The van der Waals surface area contributed by atoms with Crippen LogP contribution >= 0.6 is 0 Å². The second-order valence-corrected chi connectivity index (χ2v) is 5.02. The zero-order chi connectivity index (χ0) is 9.97. The largest absolute Gasteiger partial charge is 0.391 e.